The van der Waals surface area contributed by atoms with Crippen LogP contribution in [0.15, 0.2) is 0 Å². The van der Waals surface area contributed by atoms with Crippen molar-refractivity contribution < 1.29 is 50.9 Å². The molecule has 0 aromatic rings. The quantitative estimate of drug-likeness (QED) is 0.441. The third kappa shape index (κ3) is 25.8. The van der Waals surface area contributed by atoms with Gasteiger partial charge in [-0.1, -0.05) is 0 Å². The summed E-state index contributed by atoms with van der Waals surface area (Å²) in [5, 5.41) is 0. The van der Waals surface area contributed by atoms with Gasteiger partial charge in [-0.3, -0.25) is 9.13 Å². The summed E-state index contributed by atoms with van der Waals surface area (Å²) in [4.78, 5) is 0. The zero-order valence-corrected chi connectivity index (χ0v) is 7.53. The Morgan fingerprint density at radius 1 is 1.40 bits per heavy atom. The van der Waals surface area contributed by atoms with Crippen molar-refractivity contribution in [3.63, 3.8) is 0 Å². The Kier molecular flexibility index (Phi) is 11.5. The van der Waals surface area contributed by atoms with Crippen LogP contribution in [-0.2, 0) is 9.13 Å². The summed E-state index contributed by atoms with van der Waals surface area (Å²) in [6, 6.07) is 0. The number of hydrogen-bond acceptors (Lipinski definition) is 2. The summed E-state index contributed by atoms with van der Waals surface area (Å²) >= 11 is 1.61. The van der Waals surface area contributed by atoms with Crippen molar-refractivity contribution in [1.82, 2.24) is 0 Å². The van der Waals surface area contributed by atoms with Gasteiger partial charge in [0.05, 0.1) is 0 Å². The van der Waals surface area contributed by atoms with Crippen LogP contribution in [0.4, 0.5) is 0 Å². The average molecular weight is 230 g/mol. The summed E-state index contributed by atoms with van der Waals surface area (Å²) in [6.07, 6.45) is -2.20. The molecule has 0 aliphatic heterocycles. The molecule has 5 heavy (non-hydrogen) atoms. The van der Waals surface area contributed by atoms with Crippen molar-refractivity contribution in [2.45, 2.75) is 0 Å². The first-order chi connectivity index (χ1) is 1.73. The predicted octanol–water partition coefficient (Wildman–Crippen LogP) is 0.243. The van der Waals surface area contributed by atoms with E-state index in [4.69, 9.17) is 9.13 Å². The molecule has 0 N–H and O–H groups in total. The topological polar surface area (TPSA) is 34.1 Å². The van der Waals surface area contributed by atoms with Crippen molar-refractivity contribution in [2.75, 3.05) is 0 Å². The summed E-state index contributed by atoms with van der Waals surface area (Å²) < 4.78 is 18.0. The molecule has 0 saturated heterocycles. The van der Waals surface area contributed by atoms with Crippen LogP contribution in [0.1, 0.15) is 0 Å². The summed E-state index contributed by atoms with van der Waals surface area (Å²) in [5.74, 6) is 0. The van der Waals surface area contributed by atoms with Crippen LogP contribution in [0.5, 0.6) is 0 Å². The van der Waals surface area contributed by atoms with Crippen molar-refractivity contribution in [3.8, 4) is 0 Å². The van der Waals surface area contributed by atoms with Crippen molar-refractivity contribution in [1.29, 1.82) is 0 Å². The molecule has 0 aromatic heterocycles. The van der Waals surface area contributed by atoms with Gasteiger partial charge in [0.2, 0.25) is 0 Å². The third-order valence-corrected chi connectivity index (χ3v) is 0. The minimum Gasteiger partial charge on any atom is -0.265 e. The Balaban J connectivity index is 0. The molecular weight excluding hydrogens is 230 g/mol. The Bertz CT molecular complexity index is 58.0. The Hall–Kier alpha value is 1.81. The first kappa shape index (κ1) is 9.94. The fraction of sp³-hybridized carbons (Fsp3) is 0. The van der Waals surface area contributed by atoms with E-state index in [1.165, 1.54) is 0 Å². The van der Waals surface area contributed by atoms with E-state index < -0.39 is 6.33 Å². The van der Waals surface area contributed by atoms with Gasteiger partial charge in [-0.2, -0.15) is 0 Å². The van der Waals surface area contributed by atoms with Gasteiger partial charge in [-0.05, 0) is 0 Å². The molecule has 2 nitrogen and oxygen atoms in total. The second-order valence-corrected chi connectivity index (χ2v) is 2.12. The Labute approximate surface area is 71.9 Å². The molecule has 0 aliphatic rings. The standard InChI is InChI=1S/Al.Ce.O2P/c;;1-3-2. The van der Waals surface area contributed by atoms with Gasteiger partial charge in [-0.15, -0.1) is 0 Å². The van der Waals surface area contributed by atoms with Crippen LogP contribution >= 0.6 is 6.33 Å². The fourth-order valence-electron chi connectivity index (χ4n) is 0. The van der Waals surface area contributed by atoms with Crippen LogP contribution in [-0.4, -0.2) is 15.8 Å². The minimum absolute atomic E-state index is 0. The fourth-order valence-corrected chi connectivity index (χ4v) is 0. The van der Waals surface area contributed by atoms with E-state index in [9.17, 15) is 0 Å². The average Bonchev–Trinajstić information content (AvgIpc) is 0.811. The second kappa shape index (κ2) is 5.81. The Morgan fingerprint density at radius 2 is 1.40 bits per heavy atom. The normalized spacial score (nSPS) is 4.80. The maximum Gasteiger partial charge on any atom is 0.359 e. The molecule has 5 heteroatoms. The molecule has 0 rings (SSSR count). The first-order valence-corrected chi connectivity index (χ1v) is 3.42. The molecule has 0 aromatic carbocycles. The molecule has 2 radical (unpaired) electrons. The summed E-state index contributed by atoms with van der Waals surface area (Å²) in [7, 11) is 0. The number of hydrogen-bond donors (Lipinski definition) is 0. The van der Waals surface area contributed by atoms with Gasteiger partial charge >= 0.3 is 15.8 Å². The van der Waals surface area contributed by atoms with Crippen molar-refractivity contribution >= 4 is 22.2 Å². The molecule has 0 saturated carbocycles. The monoisotopic (exact) mass is 230 g/mol. The van der Waals surface area contributed by atoms with Gasteiger partial charge in [0.25, 0.3) is 0 Å². The van der Waals surface area contributed by atoms with E-state index in [0.29, 0.717) is 0 Å². The van der Waals surface area contributed by atoms with Crippen molar-refractivity contribution in [2.24, 2.45) is 0 Å². The third-order valence-electron chi connectivity index (χ3n) is 0. The van der Waals surface area contributed by atoms with Gasteiger partial charge < -0.3 is 0 Å². The van der Waals surface area contributed by atoms with E-state index in [0.717, 1.165) is 0 Å². The maximum absolute atomic E-state index is 9.00. The number of rotatable bonds is 0. The molecule has 0 aliphatic carbocycles. The Morgan fingerprint density at radius 3 is 1.40 bits per heavy atom. The molecular formula is AlCeO2P. The van der Waals surface area contributed by atoms with E-state index in [-0.39, 0.29) is 41.7 Å². The zero-order valence-electron chi connectivity index (χ0n) is 2.34. The molecule has 0 heterocycles. The molecule has 0 amide bonds. The van der Waals surface area contributed by atoms with E-state index in [2.05, 4.69) is 0 Å². The van der Waals surface area contributed by atoms with Gasteiger partial charge in [-0.25, -0.2) is 0 Å². The van der Waals surface area contributed by atoms with Crippen LogP contribution < -0.4 is 0 Å². The first-order valence-electron chi connectivity index (χ1n) is 0.623. The molecule has 0 atom stereocenters. The van der Waals surface area contributed by atoms with Crippen molar-refractivity contribution in [3.05, 3.63) is 0 Å². The van der Waals surface area contributed by atoms with E-state index in [1.54, 1.807) is 15.8 Å². The van der Waals surface area contributed by atoms with E-state index >= 15 is 0 Å². The van der Waals surface area contributed by atoms with Crippen LogP contribution in [0.25, 0.3) is 0 Å². The zero-order chi connectivity index (χ0) is 3.58. The maximum atomic E-state index is 9.00. The SMILES string of the molecule is O=[P](=O)[Al].[Ce]. The molecule has 0 bridgehead atoms. The molecule has 0 fully saturated rings. The van der Waals surface area contributed by atoms with Gasteiger partial charge in [0, 0.05) is 41.7 Å². The minimum atomic E-state index is -2.20. The van der Waals surface area contributed by atoms with Crippen LogP contribution in [0.3, 0.4) is 0 Å². The molecule has 24 valence electrons. The largest absolute Gasteiger partial charge is 0.359 e. The second-order valence-electron chi connectivity index (χ2n) is 0.285. The predicted molar refractivity (Wildman–Crippen MR) is 14.0 cm³/mol. The summed E-state index contributed by atoms with van der Waals surface area (Å²) in [5.41, 5.74) is 0. The molecule has 0 unspecified atom stereocenters. The van der Waals surface area contributed by atoms with Crippen LogP contribution in [0.2, 0.25) is 0 Å². The smallest absolute Gasteiger partial charge is 0.265 e. The van der Waals surface area contributed by atoms with Crippen LogP contribution in [0, 0.1) is 41.7 Å². The van der Waals surface area contributed by atoms with E-state index in [1.807, 2.05) is 0 Å². The van der Waals surface area contributed by atoms with Gasteiger partial charge in [0.15, 0.2) is 6.33 Å². The van der Waals surface area contributed by atoms with Gasteiger partial charge in [0.1, 0.15) is 0 Å². The summed E-state index contributed by atoms with van der Waals surface area (Å²) in [6.45, 7) is 0. The molecule has 0 spiro atoms.